The zero-order valence-electron chi connectivity index (χ0n) is 38.0. The van der Waals surface area contributed by atoms with Gasteiger partial charge in [0.2, 0.25) is 5.91 Å². The number of anilines is 4. The summed E-state index contributed by atoms with van der Waals surface area (Å²) in [6, 6.07) is 11.5. The highest BCUT2D eigenvalue weighted by atomic mass is 35.5. The number of rotatable bonds is 11. The molecular formula is C48H58ClF2N11O5. The number of imide groups is 1. The van der Waals surface area contributed by atoms with Gasteiger partial charge in [0.1, 0.15) is 0 Å². The van der Waals surface area contributed by atoms with E-state index < -0.39 is 18.0 Å². The summed E-state index contributed by atoms with van der Waals surface area (Å²) in [5.74, 6) is -2.09. The van der Waals surface area contributed by atoms with Gasteiger partial charge < -0.3 is 25.2 Å². The second-order valence-corrected chi connectivity index (χ2v) is 19.4. The van der Waals surface area contributed by atoms with E-state index in [1.807, 2.05) is 33.9 Å². The number of hydrogen-bond donors (Lipinski definition) is 3. The lowest BCUT2D eigenvalue weighted by atomic mass is 9.78. The molecule has 356 valence electrons. The minimum Gasteiger partial charge on any atom is -0.385 e. The SMILES string of the molecule is CNc1cc(N2CCc3c(CN4CC[C@@H](N5CCC(C6CCN(C(=O)c7ccc(Cl)c(N8CCC(=O)NC8=O)c7)CC6)CC5)C(F)(F)C4)cccc32)nn2c(C(=O)N[C@@H]3CC[C@H]3OC)cnc12. The fourth-order valence-electron chi connectivity index (χ4n) is 11.4. The van der Waals surface area contributed by atoms with Crippen molar-refractivity contribution in [3.63, 3.8) is 0 Å². The topological polar surface area (TPSA) is 160 Å². The minimum absolute atomic E-state index is 0.00500. The molecule has 5 aliphatic heterocycles. The average molecular weight is 943 g/mol. The number of ether oxygens (including phenoxy) is 1. The number of amides is 5. The molecule has 4 saturated heterocycles. The number of imidazole rings is 1. The van der Waals surface area contributed by atoms with Crippen LogP contribution in [-0.4, -0.2) is 144 Å². The van der Waals surface area contributed by atoms with Gasteiger partial charge in [-0.1, -0.05) is 23.7 Å². The Kier molecular flexibility index (Phi) is 12.6. The Balaban J connectivity index is 0.728. The van der Waals surface area contributed by atoms with E-state index in [2.05, 4.69) is 38.0 Å². The fraction of sp³-hybridized carbons (Fsp3) is 0.542. The fourth-order valence-corrected chi connectivity index (χ4v) is 11.6. The van der Waals surface area contributed by atoms with Gasteiger partial charge >= 0.3 is 6.03 Å². The van der Waals surface area contributed by atoms with Crippen molar-refractivity contribution >= 4 is 63.9 Å². The molecule has 0 spiro atoms. The van der Waals surface area contributed by atoms with Crippen molar-refractivity contribution in [2.75, 3.05) is 81.6 Å². The first-order chi connectivity index (χ1) is 32.4. The molecular weight excluding hydrogens is 884 g/mol. The van der Waals surface area contributed by atoms with Crippen molar-refractivity contribution in [2.45, 2.75) is 88.4 Å². The Hall–Kier alpha value is -5.43. The van der Waals surface area contributed by atoms with Gasteiger partial charge in [-0.3, -0.25) is 34.4 Å². The van der Waals surface area contributed by atoms with E-state index >= 15 is 8.78 Å². The zero-order valence-corrected chi connectivity index (χ0v) is 38.7. The van der Waals surface area contributed by atoms with E-state index in [-0.39, 0.29) is 49.4 Å². The molecule has 5 fully saturated rings. The van der Waals surface area contributed by atoms with Crippen molar-refractivity contribution in [1.29, 1.82) is 0 Å². The molecule has 0 bridgehead atoms. The summed E-state index contributed by atoms with van der Waals surface area (Å²) in [5.41, 5.74) is 5.59. The monoisotopic (exact) mass is 941 g/mol. The van der Waals surface area contributed by atoms with Crippen molar-refractivity contribution in [1.82, 2.24) is 39.9 Å². The van der Waals surface area contributed by atoms with Crippen LogP contribution in [0.1, 0.15) is 83.3 Å². The predicted octanol–water partition coefficient (Wildman–Crippen LogP) is 5.95. The minimum atomic E-state index is -2.86. The summed E-state index contributed by atoms with van der Waals surface area (Å²) in [6.45, 7) is 4.06. The highest BCUT2D eigenvalue weighted by molar-refractivity contribution is 6.34. The first-order valence-corrected chi connectivity index (χ1v) is 24.1. The van der Waals surface area contributed by atoms with Gasteiger partial charge in [-0.25, -0.2) is 23.1 Å². The molecule has 7 heterocycles. The summed E-state index contributed by atoms with van der Waals surface area (Å²) < 4.78 is 39.5. The van der Waals surface area contributed by atoms with Crippen molar-refractivity contribution in [3.05, 3.63) is 76.1 Å². The Morgan fingerprint density at radius 1 is 0.896 bits per heavy atom. The average Bonchev–Trinajstić information content (AvgIpc) is 3.96. The second kappa shape index (κ2) is 18.6. The molecule has 6 aliphatic rings. The van der Waals surface area contributed by atoms with Crippen LogP contribution in [0.3, 0.4) is 0 Å². The van der Waals surface area contributed by atoms with Gasteiger partial charge in [0.05, 0.1) is 47.3 Å². The molecule has 0 radical (unpaired) electrons. The number of aromatic nitrogens is 3. The molecule has 1 aliphatic carbocycles. The molecule has 4 aromatic rings. The highest BCUT2D eigenvalue weighted by Gasteiger charge is 2.48. The van der Waals surface area contributed by atoms with Gasteiger partial charge in [-0.2, -0.15) is 0 Å². The normalized spacial score (nSPS) is 24.1. The summed E-state index contributed by atoms with van der Waals surface area (Å²) >= 11 is 6.42. The number of fused-ring (bicyclic) bond motifs is 2. The van der Waals surface area contributed by atoms with E-state index in [1.54, 1.807) is 36.0 Å². The number of likely N-dealkylation sites (tertiary alicyclic amines) is 3. The molecule has 1 saturated carbocycles. The van der Waals surface area contributed by atoms with Gasteiger partial charge in [0.25, 0.3) is 17.7 Å². The number of methoxy groups -OCH3 is 1. The number of hydrogen-bond acceptors (Lipinski definition) is 11. The van der Waals surface area contributed by atoms with Gasteiger partial charge in [0, 0.05) is 77.2 Å². The number of carbonyl (C=O) groups is 4. The molecule has 5 amide bonds. The molecule has 3 atom stereocenters. The molecule has 0 unspecified atom stereocenters. The van der Waals surface area contributed by atoms with Crippen LogP contribution in [0.2, 0.25) is 5.02 Å². The molecule has 10 rings (SSSR count). The Morgan fingerprint density at radius 2 is 1.66 bits per heavy atom. The van der Waals surface area contributed by atoms with Crippen molar-refractivity contribution in [3.8, 4) is 0 Å². The van der Waals surface area contributed by atoms with Crippen LogP contribution in [0, 0.1) is 11.8 Å². The summed E-state index contributed by atoms with van der Waals surface area (Å²) in [6.07, 6.45) is 8.03. The van der Waals surface area contributed by atoms with Crippen LogP contribution in [-0.2, 0) is 22.5 Å². The first-order valence-electron chi connectivity index (χ1n) is 23.7. The molecule has 19 heteroatoms. The maximum Gasteiger partial charge on any atom is 0.328 e. The van der Waals surface area contributed by atoms with Gasteiger partial charge in [-0.15, -0.1) is 5.10 Å². The number of halogens is 3. The predicted molar refractivity (Wildman–Crippen MR) is 249 cm³/mol. The number of alkyl halides is 2. The molecule has 2 aromatic carbocycles. The van der Waals surface area contributed by atoms with E-state index in [0.29, 0.717) is 97.5 Å². The number of nitrogens with zero attached hydrogens (tertiary/aromatic N) is 8. The van der Waals surface area contributed by atoms with Gasteiger partial charge in [0.15, 0.2) is 17.2 Å². The zero-order chi connectivity index (χ0) is 46.6. The number of benzene rings is 2. The summed E-state index contributed by atoms with van der Waals surface area (Å²) in [5, 5.41) is 13.8. The summed E-state index contributed by atoms with van der Waals surface area (Å²) in [4.78, 5) is 65.0. The molecule has 67 heavy (non-hydrogen) atoms. The number of piperidine rings is 3. The Morgan fingerprint density at radius 3 is 2.36 bits per heavy atom. The largest absolute Gasteiger partial charge is 0.385 e. The second-order valence-electron chi connectivity index (χ2n) is 19.0. The molecule has 3 N–H and O–H groups in total. The van der Waals surface area contributed by atoms with Crippen molar-refractivity contribution in [2.24, 2.45) is 11.8 Å². The molecule has 2 aromatic heterocycles. The third-order valence-electron chi connectivity index (χ3n) is 15.3. The third-order valence-corrected chi connectivity index (χ3v) is 15.6. The van der Waals surface area contributed by atoms with E-state index in [1.165, 1.54) is 4.90 Å². The highest BCUT2D eigenvalue weighted by Crippen LogP contribution is 2.41. The van der Waals surface area contributed by atoms with Crippen LogP contribution in [0.15, 0.2) is 48.7 Å². The maximum atomic E-state index is 16.2. The third kappa shape index (κ3) is 8.81. The van der Waals surface area contributed by atoms with E-state index in [4.69, 9.17) is 21.4 Å². The van der Waals surface area contributed by atoms with Gasteiger partial charge in [-0.05, 0) is 112 Å². The standard InChI is InChI=1S/C48H58ClF2N11O5/c1-52-36-25-42(56-62-39(26-53-44(36)62)45(64)54-35-8-9-40(35)67-2)60-22-14-33-32(4-3-5-37(33)60)27-57-17-15-41(48(50,51)28-57)58-18-10-29(11-19-58)30-12-20-59(21-13-30)46(65)31-6-7-34(49)38(24-31)61-23-16-43(63)55-47(61)66/h3-7,24-26,29-30,35,40-41,52H,8-23,27-28H2,1-2H3,(H,54,64)(H,55,63,66)/t35-,40-,41-/m1/s1. The number of nitrogens with one attached hydrogen (secondary N) is 3. The molecule has 16 nitrogen and oxygen atoms in total. The number of urea groups is 1. The lowest BCUT2D eigenvalue weighted by Gasteiger charge is -2.47. The first kappa shape index (κ1) is 45.4. The van der Waals surface area contributed by atoms with Crippen LogP contribution in [0.5, 0.6) is 0 Å². The van der Waals surface area contributed by atoms with Crippen LogP contribution >= 0.6 is 11.6 Å². The summed E-state index contributed by atoms with van der Waals surface area (Å²) in [7, 11) is 3.47. The van der Waals surface area contributed by atoms with Crippen LogP contribution in [0.25, 0.3) is 5.65 Å². The smallest absolute Gasteiger partial charge is 0.328 e. The maximum absolute atomic E-state index is 16.2. The van der Waals surface area contributed by atoms with Crippen molar-refractivity contribution < 1.29 is 32.7 Å². The Bertz CT molecular complexity index is 2560. The number of carbonyl (C=O) groups excluding carboxylic acids is 4. The van der Waals surface area contributed by atoms with Crippen LogP contribution in [0.4, 0.5) is 36.5 Å². The lowest BCUT2D eigenvalue weighted by Crippen LogP contribution is -2.59. The van der Waals surface area contributed by atoms with E-state index in [9.17, 15) is 19.2 Å². The van der Waals surface area contributed by atoms with E-state index in [0.717, 1.165) is 67.4 Å². The van der Waals surface area contributed by atoms with Crippen LogP contribution < -0.4 is 25.8 Å². The Labute approximate surface area is 393 Å². The lowest BCUT2D eigenvalue weighted by molar-refractivity contribution is -0.135. The quantitative estimate of drug-likeness (QED) is 0.163.